The second-order valence-corrected chi connectivity index (χ2v) is 8.13. The van der Waals surface area contributed by atoms with Gasteiger partial charge in [-0.2, -0.15) is 0 Å². The lowest BCUT2D eigenvalue weighted by Gasteiger charge is -2.18. The van der Waals surface area contributed by atoms with E-state index in [9.17, 15) is 17.6 Å². The summed E-state index contributed by atoms with van der Waals surface area (Å²) in [5.74, 6) is -0.783. The molecule has 0 aliphatic heterocycles. The Morgan fingerprint density at radius 3 is 2.44 bits per heavy atom. The van der Waals surface area contributed by atoms with E-state index in [0.29, 0.717) is 5.75 Å². The van der Waals surface area contributed by atoms with Gasteiger partial charge in [-0.1, -0.05) is 6.07 Å². The predicted molar refractivity (Wildman–Crippen MR) is 98.0 cm³/mol. The number of amides is 1. The van der Waals surface area contributed by atoms with Gasteiger partial charge in [-0.05, 0) is 80.1 Å². The van der Waals surface area contributed by atoms with Crippen LogP contribution in [0.3, 0.4) is 0 Å². The van der Waals surface area contributed by atoms with E-state index in [4.69, 9.17) is 4.74 Å². The first-order valence-corrected chi connectivity index (χ1v) is 10.2. The number of ether oxygens (including phenoxy) is 1. The topological polar surface area (TPSA) is 84.5 Å². The minimum absolute atomic E-state index is 0.107. The molecular weight excluding hydrogens is 371 g/mol. The maximum atomic E-state index is 12.9. The number of halogens is 1. The van der Waals surface area contributed by atoms with Crippen LogP contribution >= 0.6 is 0 Å². The smallest absolute Gasteiger partial charge is 0.275 e. The lowest BCUT2D eigenvalue weighted by molar-refractivity contribution is -0.127. The Kier molecular flexibility index (Phi) is 5.76. The molecule has 144 valence electrons. The highest BCUT2D eigenvalue weighted by Crippen LogP contribution is 2.23. The number of sulfonamides is 1. The maximum Gasteiger partial charge on any atom is 0.275 e. The molecular formula is C19H21FN2O4S. The molecule has 1 atom stereocenters. The van der Waals surface area contributed by atoms with Crippen LogP contribution < -0.4 is 15.0 Å². The molecule has 8 heteroatoms. The number of rotatable bonds is 6. The van der Waals surface area contributed by atoms with Crippen LogP contribution in [-0.2, 0) is 27.7 Å². The van der Waals surface area contributed by atoms with Gasteiger partial charge in [0.15, 0.2) is 6.10 Å². The molecule has 27 heavy (non-hydrogen) atoms. The summed E-state index contributed by atoms with van der Waals surface area (Å²) in [4.78, 5) is 14.3. The maximum absolute atomic E-state index is 12.9. The van der Waals surface area contributed by atoms with Gasteiger partial charge in [0.05, 0.1) is 4.90 Å². The van der Waals surface area contributed by atoms with Crippen molar-refractivity contribution < 1.29 is 22.3 Å². The largest absolute Gasteiger partial charge is 0.481 e. The van der Waals surface area contributed by atoms with Crippen LogP contribution in [0.25, 0.3) is 0 Å². The second-order valence-electron chi connectivity index (χ2n) is 6.45. The standard InChI is InChI=1S/C19H21FN2O4S/c1-13(26-17-9-7-16(20)8-10-17)19(23)21-22-27(24,25)18-11-6-14-4-2-3-5-15(14)12-18/h6-13,22H,2-5H2,1H3,(H,21,23)/t13-/m0/s1. The molecule has 6 nitrogen and oxygen atoms in total. The van der Waals surface area contributed by atoms with Crippen LogP contribution in [0.15, 0.2) is 47.4 Å². The van der Waals surface area contributed by atoms with Gasteiger partial charge in [0.25, 0.3) is 15.9 Å². The number of carbonyl (C=O) groups excluding carboxylic acids is 1. The fourth-order valence-corrected chi connectivity index (χ4v) is 3.82. The Morgan fingerprint density at radius 2 is 1.74 bits per heavy atom. The minimum Gasteiger partial charge on any atom is -0.481 e. The molecule has 0 bridgehead atoms. The van der Waals surface area contributed by atoms with Gasteiger partial charge in [0, 0.05) is 0 Å². The number of carbonyl (C=O) groups is 1. The normalized spacial score (nSPS) is 14.9. The molecule has 0 aromatic heterocycles. The Labute approximate surface area is 157 Å². The SMILES string of the molecule is C[C@H](Oc1ccc(F)cc1)C(=O)NNS(=O)(=O)c1ccc2c(c1)CCCC2. The Balaban J connectivity index is 1.60. The first-order valence-electron chi connectivity index (χ1n) is 8.71. The summed E-state index contributed by atoms with van der Waals surface area (Å²) in [7, 11) is -3.89. The summed E-state index contributed by atoms with van der Waals surface area (Å²) in [5.41, 5.74) is 4.36. The second kappa shape index (κ2) is 8.06. The zero-order chi connectivity index (χ0) is 19.4. The molecule has 2 aromatic rings. The zero-order valence-corrected chi connectivity index (χ0v) is 15.7. The van der Waals surface area contributed by atoms with Crippen LogP contribution in [0.5, 0.6) is 5.75 Å². The first-order chi connectivity index (χ1) is 12.8. The van der Waals surface area contributed by atoms with E-state index in [-0.39, 0.29) is 4.90 Å². The molecule has 0 spiro atoms. The third kappa shape index (κ3) is 4.84. The number of hydrogen-bond donors (Lipinski definition) is 2. The van der Waals surface area contributed by atoms with E-state index in [1.807, 2.05) is 6.07 Å². The average molecular weight is 392 g/mol. The Hall–Kier alpha value is -2.45. The van der Waals surface area contributed by atoms with Crippen molar-refractivity contribution in [2.45, 2.75) is 43.6 Å². The lowest BCUT2D eigenvalue weighted by atomic mass is 9.92. The van der Waals surface area contributed by atoms with E-state index in [0.717, 1.165) is 31.2 Å². The van der Waals surface area contributed by atoms with Crippen LogP contribution in [-0.4, -0.2) is 20.4 Å². The van der Waals surface area contributed by atoms with Crippen molar-refractivity contribution in [1.82, 2.24) is 10.3 Å². The molecule has 2 N–H and O–H groups in total. The number of benzene rings is 2. The highest BCUT2D eigenvalue weighted by atomic mass is 32.2. The molecule has 1 aliphatic carbocycles. The number of hydrogen-bond acceptors (Lipinski definition) is 4. The van der Waals surface area contributed by atoms with Gasteiger partial charge in [0.2, 0.25) is 0 Å². The molecule has 0 unspecified atom stereocenters. The molecule has 0 fully saturated rings. The minimum atomic E-state index is -3.89. The zero-order valence-electron chi connectivity index (χ0n) is 14.9. The highest BCUT2D eigenvalue weighted by Gasteiger charge is 2.21. The molecule has 3 rings (SSSR count). The van der Waals surface area contributed by atoms with Crippen molar-refractivity contribution in [3.05, 3.63) is 59.4 Å². The third-order valence-corrected chi connectivity index (χ3v) is 5.68. The van der Waals surface area contributed by atoms with E-state index in [1.165, 1.54) is 42.8 Å². The van der Waals surface area contributed by atoms with Crippen LogP contribution in [0, 0.1) is 5.82 Å². The summed E-state index contributed by atoms with van der Waals surface area (Å²) in [6.07, 6.45) is 2.99. The van der Waals surface area contributed by atoms with Gasteiger partial charge in [-0.15, -0.1) is 4.83 Å². The first kappa shape index (κ1) is 19.3. The number of aryl methyl sites for hydroxylation is 2. The van der Waals surface area contributed by atoms with Crippen molar-refractivity contribution in [3.63, 3.8) is 0 Å². The Bertz CT molecular complexity index is 929. The van der Waals surface area contributed by atoms with E-state index in [1.54, 1.807) is 6.07 Å². The van der Waals surface area contributed by atoms with Crippen molar-refractivity contribution in [2.75, 3.05) is 0 Å². The summed E-state index contributed by atoms with van der Waals surface area (Å²) < 4.78 is 43.1. The number of hydrazine groups is 1. The summed E-state index contributed by atoms with van der Waals surface area (Å²) in [6.45, 7) is 1.46. The van der Waals surface area contributed by atoms with Crippen molar-refractivity contribution in [3.8, 4) is 5.75 Å². The number of nitrogens with one attached hydrogen (secondary N) is 2. The van der Waals surface area contributed by atoms with Gasteiger partial charge in [0.1, 0.15) is 11.6 Å². The molecule has 1 amide bonds. The van der Waals surface area contributed by atoms with Crippen molar-refractivity contribution >= 4 is 15.9 Å². The Morgan fingerprint density at radius 1 is 1.07 bits per heavy atom. The highest BCUT2D eigenvalue weighted by molar-refractivity contribution is 7.89. The van der Waals surface area contributed by atoms with E-state index in [2.05, 4.69) is 10.3 Å². The third-order valence-electron chi connectivity index (χ3n) is 4.43. The quantitative estimate of drug-likeness (QED) is 0.740. The van der Waals surface area contributed by atoms with Gasteiger partial charge >= 0.3 is 0 Å². The summed E-state index contributed by atoms with van der Waals surface area (Å²) in [6, 6.07) is 10.2. The van der Waals surface area contributed by atoms with Crippen LogP contribution in [0.2, 0.25) is 0 Å². The van der Waals surface area contributed by atoms with Gasteiger partial charge in [-0.25, -0.2) is 12.8 Å². The van der Waals surface area contributed by atoms with Crippen molar-refractivity contribution in [1.29, 1.82) is 0 Å². The van der Waals surface area contributed by atoms with E-state index < -0.39 is 27.9 Å². The fourth-order valence-electron chi connectivity index (χ4n) is 2.93. The lowest BCUT2D eigenvalue weighted by Crippen LogP contribution is -2.47. The van der Waals surface area contributed by atoms with Crippen LogP contribution in [0.1, 0.15) is 30.9 Å². The summed E-state index contributed by atoms with van der Waals surface area (Å²) >= 11 is 0. The fraction of sp³-hybridized carbons (Fsp3) is 0.316. The molecule has 0 saturated heterocycles. The summed E-state index contributed by atoms with van der Waals surface area (Å²) in [5, 5.41) is 0. The van der Waals surface area contributed by atoms with Gasteiger partial charge < -0.3 is 4.74 Å². The molecule has 2 aromatic carbocycles. The molecule has 1 aliphatic rings. The number of fused-ring (bicyclic) bond motifs is 1. The average Bonchev–Trinajstić information content (AvgIpc) is 2.67. The molecule has 0 heterocycles. The van der Waals surface area contributed by atoms with Gasteiger partial charge in [-0.3, -0.25) is 10.2 Å². The molecule has 0 saturated carbocycles. The van der Waals surface area contributed by atoms with E-state index >= 15 is 0 Å². The monoisotopic (exact) mass is 392 g/mol. The van der Waals surface area contributed by atoms with Crippen LogP contribution in [0.4, 0.5) is 4.39 Å². The predicted octanol–water partition coefficient (Wildman–Crippen LogP) is 2.48. The van der Waals surface area contributed by atoms with Crippen molar-refractivity contribution in [2.24, 2.45) is 0 Å². The molecule has 0 radical (unpaired) electrons.